The van der Waals surface area contributed by atoms with Crippen LogP contribution in [0.25, 0.3) is 5.82 Å². The lowest BCUT2D eigenvalue weighted by Gasteiger charge is -2.04. The predicted molar refractivity (Wildman–Crippen MR) is 71.0 cm³/mol. The number of hydrogen-bond donors (Lipinski definition) is 1. The van der Waals surface area contributed by atoms with Crippen molar-refractivity contribution in [3.8, 4) is 5.82 Å². The molecule has 0 spiro atoms. The van der Waals surface area contributed by atoms with Crippen LogP contribution in [0.5, 0.6) is 0 Å². The van der Waals surface area contributed by atoms with Crippen molar-refractivity contribution in [3.63, 3.8) is 0 Å². The average molecular weight is 295 g/mol. The van der Waals surface area contributed by atoms with Crippen molar-refractivity contribution in [1.82, 2.24) is 19.9 Å². The SMILES string of the molecule is CC(C)NCc1cn(-c2ccc(Br)cn2)cn1. The standard InChI is InChI=1S/C12H15BrN4/c1-9(2)14-6-11-7-17(8-16-11)12-4-3-10(13)5-15-12/h3-5,7-9,14H,6H2,1-2H3. The second-order valence-electron chi connectivity index (χ2n) is 4.14. The molecule has 0 amide bonds. The van der Waals surface area contributed by atoms with Crippen LogP contribution in [0.4, 0.5) is 0 Å². The van der Waals surface area contributed by atoms with E-state index in [2.05, 4.69) is 45.1 Å². The van der Waals surface area contributed by atoms with Crippen LogP contribution in [0.1, 0.15) is 19.5 Å². The highest BCUT2D eigenvalue weighted by molar-refractivity contribution is 9.10. The Morgan fingerprint density at radius 3 is 2.82 bits per heavy atom. The first-order valence-corrected chi connectivity index (χ1v) is 6.32. The molecule has 2 heterocycles. The number of hydrogen-bond acceptors (Lipinski definition) is 3. The Balaban J connectivity index is 2.10. The molecule has 17 heavy (non-hydrogen) atoms. The van der Waals surface area contributed by atoms with Crippen LogP contribution in [0, 0.1) is 0 Å². The summed E-state index contributed by atoms with van der Waals surface area (Å²) in [6.45, 7) is 5.02. The molecule has 0 unspecified atom stereocenters. The Bertz CT molecular complexity index is 476. The maximum absolute atomic E-state index is 4.34. The van der Waals surface area contributed by atoms with Gasteiger partial charge in [0.2, 0.25) is 0 Å². The molecular formula is C12H15BrN4. The summed E-state index contributed by atoms with van der Waals surface area (Å²) in [6, 6.07) is 4.38. The van der Waals surface area contributed by atoms with Gasteiger partial charge in [0.05, 0.1) is 5.69 Å². The third kappa shape index (κ3) is 3.38. The van der Waals surface area contributed by atoms with Gasteiger partial charge in [0.25, 0.3) is 0 Å². The van der Waals surface area contributed by atoms with Crippen LogP contribution in [-0.4, -0.2) is 20.6 Å². The van der Waals surface area contributed by atoms with Gasteiger partial charge in [0, 0.05) is 29.5 Å². The summed E-state index contributed by atoms with van der Waals surface area (Å²) in [7, 11) is 0. The van der Waals surface area contributed by atoms with E-state index in [-0.39, 0.29) is 0 Å². The molecule has 0 saturated carbocycles. The van der Waals surface area contributed by atoms with Crippen molar-refractivity contribution < 1.29 is 0 Å². The highest BCUT2D eigenvalue weighted by Gasteiger charge is 2.02. The molecule has 1 N–H and O–H groups in total. The maximum Gasteiger partial charge on any atom is 0.137 e. The van der Waals surface area contributed by atoms with Crippen LogP contribution < -0.4 is 5.32 Å². The zero-order valence-electron chi connectivity index (χ0n) is 9.89. The first kappa shape index (κ1) is 12.3. The monoisotopic (exact) mass is 294 g/mol. The fourth-order valence-corrected chi connectivity index (χ4v) is 1.64. The van der Waals surface area contributed by atoms with E-state index in [0.717, 1.165) is 22.5 Å². The second kappa shape index (κ2) is 5.42. The lowest BCUT2D eigenvalue weighted by molar-refractivity contribution is 0.582. The Hall–Kier alpha value is -1.20. The van der Waals surface area contributed by atoms with Crippen molar-refractivity contribution in [3.05, 3.63) is 41.0 Å². The molecular weight excluding hydrogens is 280 g/mol. The fraction of sp³-hybridized carbons (Fsp3) is 0.333. The van der Waals surface area contributed by atoms with Gasteiger partial charge < -0.3 is 5.32 Å². The normalized spacial score (nSPS) is 11.1. The summed E-state index contributed by atoms with van der Waals surface area (Å²) in [5.74, 6) is 0.872. The van der Waals surface area contributed by atoms with Crippen LogP contribution in [-0.2, 0) is 6.54 Å². The summed E-state index contributed by atoms with van der Waals surface area (Å²) in [5, 5.41) is 3.33. The van der Waals surface area contributed by atoms with E-state index >= 15 is 0 Å². The molecule has 4 nitrogen and oxygen atoms in total. The molecule has 0 atom stereocenters. The largest absolute Gasteiger partial charge is 0.309 e. The van der Waals surface area contributed by atoms with Gasteiger partial charge >= 0.3 is 0 Å². The summed E-state index contributed by atoms with van der Waals surface area (Å²) in [5.41, 5.74) is 1.02. The van der Waals surface area contributed by atoms with E-state index in [1.54, 1.807) is 12.5 Å². The van der Waals surface area contributed by atoms with Gasteiger partial charge in [0.1, 0.15) is 12.1 Å². The highest BCUT2D eigenvalue weighted by atomic mass is 79.9. The average Bonchev–Trinajstić information content (AvgIpc) is 2.76. The highest BCUT2D eigenvalue weighted by Crippen LogP contribution is 2.11. The predicted octanol–water partition coefficient (Wildman–Crippen LogP) is 2.53. The van der Waals surface area contributed by atoms with E-state index in [4.69, 9.17) is 0 Å². The van der Waals surface area contributed by atoms with E-state index in [1.165, 1.54) is 0 Å². The molecule has 0 bridgehead atoms. The number of imidazole rings is 1. The minimum absolute atomic E-state index is 0.464. The molecule has 90 valence electrons. The number of nitrogens with one attached hydrogen (secondary N) is 1. The van der Waals surface area contributed by atoms with E-state index in [1.807, 2.05) is 22.9 Å². The van der Waals surface area contributed by atoms with Gasteiger partial charge in [-0.2, -0.15) is 0 Å². The lowest BCUT2D eigenvalue weighted by atomic mass is 10.3. The number of aromatic nitrogens is 3. The molecule has 2 aromatic heterocycles. The number of pyridine rings is 1. The lowest BCUT2D eigenvalue weighted by Crippen LogP contribution is -2.21. The Labute approximate surface area is 109 Å². The van der Waals surface area contributed by atoms with Gasteiger partial charge in [-0.1, -0.05) is 13.8 Å². The van der Waals surface area contributed by atoms with Crippen LogP contribution in [0.15, 0.2) is 35.3 Å². The molecule has 0 aromatic carbocycles. The minimum Gasteiger partial charge on any atom is -0.309 e. The third-order valence-electron chi connectivity index (χ3n) is 2.30. The zero-order chi connectivity index (χ0) is 12.3. The van der Waals surface area contributed by atoms with Crippen LogP contribution >= 0.6 is 15.9 Å². The maximum atomic E-state index is 4.34. The van der Waals surface area contributed by atoms with Crippen molar-refractivity contribution in [2.45, 2.75) is 26.4 Å². The Kier molecular flexibility index (Phi) is 3.91. The molecule has 0 aliphatic rings. The van der Waals surface area contributed by atoms with Crippen LogP contribution in [0.3, 0.4) is 0 Å². The Morgan fingerprint density at radius 2 is 2.18 bits per heavy atom. The van der Waals surface area contributed by atoms with E-state index in [9.17, 15) is 0 Å². The molecule has 2 rings (SSSR count). The first-order chi connectivity index (χ1) is 8.15. The molecule has 0 radical (unpaired) electrons. The summed E-state index contributed by atoms with van der Waals surface area (Å²) < 4.78 is 2.90. The molecule has 5 heteroatoms. The number of rotatable bonds is 4. The first-order valence-electron chi connectivity index (χ1n) is 5.53. The topological polar surface area (TPSA) is 42.7 Å². The van der Waals surface area contributed by atoms with E-state index in [0.29, 0.717) is 6.04 Å². The Morgan fingerprint density at radius 1 is 1.35 bits per heavy atom. The van der Waals surface area contributed by atoms with Crippen molar-refractivity contribution in [2.24, 2.45) is 0 Å². The summed E-state index contributed by atoms with van der Waals surface area (Å²) in [4.78, 5) is 8.65. The molecule has 0 aliphatic carbocycles. The van der Waals surface area contributed by atoms with Crippen LogP contribution in [0.2, 0.25) is 0 Å². The third-order valence-corrected chi connectivity index (χ3v) is 2.77. The van der Waals surface area contributed by atoms with Gasteiger partial charge in [-0.05, 0) is 28.1 Å². The quantitative estimate of drug-likeness (QED) is 0.942. The van der Waals surface area contributed by atoms with Crippen molar-refractivity contribution >= 4 is 15.9 Å². The summed E-state index contributed by atoms with van der Waals surface area (Å²) >= 11 is 3.37. The van der Waals surface area contributed by atoms with E-state index < -0.39 is 0 Å². The minimum atomic E-state index is 0.464. The number of nitrogens with zero attached hydrogens (tertiary/aromatic N) is 3. The summed E-state index contributed by atoms with van der Waals surface area (Å²) in [6.07, 6.45) is 5.56. The smallest absolute Gasteiger partial charge is 0.137 e. The van der Waals surface area contributed by atoms with Gasteiger partial charge in [0.15, 0.2) is 0 Å². The van der Waals surface area contributed by atoms with Crippen molar-refractivity contribution in [1.29, 1.82) is 0 Å². The molecule has 0 fully saturated rings. The fourth-order valence-electron chi connectivity index (χ4n) is 1.41. The van der Waals surface area contributed by atoms with Gasteiger partial charge in [-0.25, -0.2) is 9.97 Å². The molecule has 0 aliphatic heterocycles. The number of halogens is 1. The van der Waals surface area contributed by atoms with Crippen molar-refractivity contribution in [2.75, 3.05) is 0 Å². The van der Waals surface area contributed by atoms with Gasteiger partial charge in [-0.15, -0.1) is 0 Å². The molecule has 2 aromatic rings. The second-order valence-corrected chi connectivity index (χ2v) is 5.06. The molecule has 0 saturated heterocycles. The van der Waals surface area contributed by atoms with Gasteiger partial charge in [-0.3, -0.25) is 4.57 Å². The zero-order valence-corrected chi connectivity index (χ0v) is 11.5.